The van der Waals surface area contributed by atoms with Crippen molar-refractivity contribution in [3.05, 3.63) is 29.8 Å². The Morgan fingerprint density at radius 1 is 1.26 bits per heavy atom. The summed E-state index contributed by atoms with van der Waals surface area (Å²) in [4.78, 5) is 0. The molecular formula is C15H25N3O. The number of nitrogens with zero attached hydrogens (tertiary/aromatic N) is 1. The van der Waals surface area contributed by atoms with Gasteiger partial charge in [0, 0.05) is 18.7 Å². The van der Waals surface area contributed by atoms with E-state index in [0.717, 1.165) is 19.4 Å². The number of oxime groups is 1. The van der Waals surface area contributed by atoms with Crippen LogP contribution in [0.4, 0.5) is 5.69 Å². The highest BCUT2D eigenvalue weighted by atomic mass is 16.4. The van der Waals surface area contributed by atoms with E-state index >= 15 is 0 Å². The largest absolute Gasteiger partial charge is 0.409 e. The Balaban J connectivity index is 2.46. The van der Waals surface area contributed by atoms with Crippen molar-refractivity contribution in [2.45, 2.75) is 45.4 Å². The summed E-state index contributed by atoms with van der Waals surface area (Å²) in [7, 11) is 0. The molecule has 0 saturated heterocycles. The first-order valence-electron chi connectivity index (χ1n) is 6.75. The Bertz CT molecular complexity index is 422. The highest BCUT2D eigenvalue weighted by Crippen LogP contribution is 2.29. The van der Waals surface area contributed by atoms with Crippen molar-refractivity contribution in [2.24, 2.45) is 10.9 Å². The molecule has 0 bridgehead atoms. The summed E-state index contributed by atoms with van der Waals surface area (Å²) >= 11 is 0. The molecule has 19 heavy (non-hydrogen) atoms. The summed E-state index contributed by atoms with van der Waals surface area (Å²) in [5.74, 6) is 0.301. The van der Waals surface area contributed by atoms with Gasteiger partial charge in [0.1, 0.15) is 5.84 Å². The zero-order chi connectivity index (χ0) is 14.3. The Hall–Kier alpha value is -1.71. The van der Waals surface area contributed by atoms with Crippen LogP contribution < -0.4 is 11.1 Å². The van der Waals surface area contributed by atoms with Gasteiger partial charge in [0.05, 0.1) is 0 Å². The first kappa shape index (κ1) is 15.3. The van der Waals surface area contributed by atoms with Crippen LogP contribution in [0.2, 0.25) is 0 Å². The number of anilines is 1. The van der Waals surface area contributed by atoms with E-state index in [9.17, 15) is 0 Å². The van der Waals surface area contributed by atoms with Gasteiger partial charge in [-0.3, -0.25) is 0 Å². The predicted octanol–water partition coefficient (Wildman–Crippen LogP) is 3.31. The molecule has 4 N–H and O–H groups in total. The minimum absolute atomic E-state index is 0.136. The van der Waals surface area contributed by atoms with Crippen molar-refractivity contribution in [1.82, 2.24) is 0 Å². The average molecular weight is 263 g/mol. The zero-order valence-corrected chi connectivity index (χ0v) is 12.1. The summed E-state index contributed by atoms with van der Waals surface area (Å²) in [6, 6.07) is 8.40. The highest BCUT2D eigenvalue weighted by molar-refractivity contribution is 5.79. The predicted molar refractivity (Wildman–Crippen MR) is 80.9 cm³/mol. The molecule has 1 aromatic rings. The molecule has 0 unspecified atom stereocenters. The minimum atomic E-state index is 0.136. The van der Waals surface area contributed by atoms with Crippen molar-refractivity contribution in [2.75, 3.05) is 11.9 Å². The standard InChI is InChI=1S/C15H25N3O/c1-15(2,3)12-8-4-5-9-13(12)17-11-7-6-10-14(16)18-19/h4-5,8-9,17,19H,6-7,10-11H2,1-3H3,(H2,16,18). The fourth-order valence-corrected chi connectivity index (χ4v) is 2.00. The van der Waals surface area contributed by atoms with E-state index in [4.69, 9.17) is 10.9 Å². The molecule has 0 saturated carbocycles. The van der Waals surface area contributed by atoms with Crippen molar-refractivity contribution in [3.63, 3.8) is 0 Å². The van der Waals surface area contributed by atoms with Gasteiger partial charge in [0.2, 0.25) is 0 Å². The normalized spacial score (nSPS) is 12.5. The lowest BCUT2D eigenvalue weighted by molar-refractivity contribution is 0.316. The lowest BCUT2D eigenvalue weighted by Gasteiger charge is -2.23. The molecule has 0 atom stereocenters. The number of amidine groups is 1. The Morgan fingerprint density at radius 2 is 1.95 bits per heavy atom. The van der Waals surface area contributed by atoms with Gasteiger partial charge in [0.25, 0.3) is 0 Å². The molecule has 0 spiro atoms. The molecule has 0 aliphatic rings. The Labute approximate surface area is 115 Å². The topological polar surface area (TPSA) is 70.6 Å². The molecule has 0 aromatic heterocycles. The van der Waals surface area contributed by atoms with Crippen LogP contribution in [-0.4, -0.2) is 17.6 Å². The van der Waals surface area contributed by atoms with E-state index in [-0.39, 0.29) is 5.41 Å². The number of rotatable bonds is 6. The first-order chi connectivity index (χ1) is 8.95. The van der Waals surface area contributed by atoms with Gasteiger partial charge in [-0.2, -0.15) is 0 Å². The lowest BCUT2D eigenvalue weighted by Crippen LogP contribution is -2.15. The van der Waals surface area contributed by atoms with Crippen LogP contribution in [0.25, 0.3) is 0 Å². The minimum Gasteiger partial charge on any atom is -0.409 e. The monoisotopic (exact) mass is 263 g/mol. The van der Waals surface area contributed by atoms with Crippen molar-refractivity contribution in [1.29, 1.82) is 0 Å². The SMILES string of the molecule is CC(C)(C)c1ccccc1NCCCCC(N)=NO. The fraction of sp³-hybridized carbons (Fsp3) is 0.533. The first-order valence-corrected chi connectivity index (χ1v) is 6.75. The van der Waals surface area contributed by atoms with Gasteiger partial charge in [0.15, 0.2) is 0 Å². The third kappa shape index (κ3) is 5.20. The van der Waals surface area contributed by atoms with Crippen LogP contribution in [0, 0.1) is 0 Å². The summed E-state index contributed by atoms with van der Waals surface area (Å²) in [6.07, 6.45) is 2.55. The number of nitrogens with two attached hydrogens (primary N) is 1. The summed E-state index contributed by atoms with van der Waals surface area (Å²) in [6.45, 7) is 7.54. The van der Waals surface area contributed by atoms with Crippen molar-refractivity contribution in [3.8, 4) is 0 Å². The zero-order valence-electron chi connectivity index (χ0n) is 12.1. The van der Waals surface area contributed by atoms with Crippen LogP contribution in [-0.2, 0) is 5.41 Å². The molecule has 1 rings (SSSR count). The molecule has 0 aliphatic heterocycles. The lowest BCUT2D eigenvalue weighted by atomic mass is 9.86. The molecule has 0 heterocycles. The second kappa shape index (κ2) is 7.02. The maximum atomic E-state index is 8.44. The van der Waals surface area contributed by atoms with Crippen molar-refractivity contribution < 1.29 is 5.21 Å². The molecule has 0 amide bonds. The summed E-state index contributed by atoms with van der Waals surface area (Å²) in [5.41, 5.74) is 8.08. The number of para-hydroxylation sites is 1. The molecule has 4 nitrogen and oxygen atoms in total. The molecule has 106 valence electrons. The highest BCUT2D eigenvalue weighted by Gasteiger charge is 2.16. The van der Waals surface area contributed by atoms with Gasteiger partial charge in [-0.1, -0.05) is 44.1 Å². The van der Waals surface area contributed by atoms with Gasteiger partial charge in [-0.15, -0.1) is 0 Å². The van der Waals surface area contributed by atoms with E-state index in [0.29, 0.717) is 12.3 Å². The number of nitrogens with one attached hydrogen (secondary N) is 1. The number of hydrogen-bond acceptors (Lipinski definition) is 3. The van der Waals surface area contributed by atoms with E-state index < -0.39 is 0 Å². The molecule has 4 heteroatoms. The van der Waals surface area contributed by atoms with Crippen LogP contribution in [0.3, 0.4) is 0 Å². The third-order valence-corrected chi connectivity index (χ3v) is 3.04. The smallest absolute Gasteiger partial charge is 0.139 e. The van der Waals surface area contributed by atoms with E-state index in [1.165, 1.54) is 11.3 Å². The molecule has 1 aromatic carbocycles. The quantitative estimate of drug-likeness (QED) is 0.242. The van der Waals surface area contributed by atoms with E-state index in [1.807, 2.05) is 6.07 Å². The van der Waals surface area contributed by atoms with Gasteiger partial charge < -0.3 is 16.3 Å². The fourth-order valence-electron chi connectivity index (χ4n) is 2.00. The second-order valence-electron chi connectivity index (χ2n) is 5.77. The molecule has 0 fully saturated rings. The number of unbranched alkanes of at least 4 members (excludes halogenated alkanes) is 1. The van der Waals surface area contributed by atoms with Crippen LogP contribution in [0.5, 0.6) is 0 Å². The Morgan fingerprint density at radius 3 is 2.58 bits per heavy atom. The summed E-state index contributed by atoms with van der Waals surface area (Å²) < 4.78 is 0. The van der Waals surface area contributed by atoms with E-state index in [2.05, 4.69) is 49.4 Å². The summed E-state index contributed by atoms with van der Waals surface area (Å²) in [5, 5.41) is 14.9. The molecular weight excluding hydrogens is 238 g/mol. The Kier molecular flexibility index (Phi) is 5.67. The third-order valence-electron chi connectivity index (χ3n) is 3.04. The second-order valence-corrected chi connectivity index (χ2v) is 5.77. The van der Waals surface area contributed by atoms with E-state index in [1.54, 1.807) is 0 Å². The van der Waals surface area contributed by atoms with Gasteiger partial charge in [-0.25, -0.2) is 0 Å². The number of benzene rings is 1. The maximum Gasteiger partial charge on any atom is 0.139 e. The van der Waals surface area contributed by atoms with Crippen LogP contribution in [0.1, 0.15) is 45.6 Å². The molecule has 0 radical (unpaired) electrons. The van der Waals surface area contributed by atoms with Crippen LogP contribution >= 0.6 is 0 Å². The van der Waals surface area contributed by atoms with Gasteiger partial charge >= 0.3 is 0 Å². The number of hydrogen-bond donors (Lipinski definition) is 3. The van der Waals surface area contributed by atoms with Gasteiger partial charge in [-0.05, 0) is 29.9 Å². The average Bonchev–Trinajstić information content (AvgIpc) is 2.37. The van der Waals surface area contributed by atoms with Crippen molar-refractivity contribution >= 4 is 11.5 Å². The maximum absolute atomic E-state index is 8.44. The van der Waals surface area contributed by atoms with Crippen LogP contribution in [0.15, 0.2) is 29.4 Å². The molecule has 0 aliphatic carbocycles.